The third-order valence-electron chi connectivity index (χ3n) is 2.49. The van der Waals surface area contributed by atoms with E-state index in [1.54, 1.807) is 6.92 Å². The van der Waals surface area contributed by atoms with Gasteiger partial charge in [0.05, 0.1) is 0 Å². The third-order valence-corrected chi connectivity index (χ3v) is 5.21. The molecule has 1 aliphatic carbocycles. The maximum absolute atomic E-state index is 11.9. The molecule has 2 rings (SSSR count). The van der Waals surface area contributed by atoms with Gasteiger partial charge in [0.25, 0.3) is 0 Å². The maximum atomic E-state index is 11.9. The third kappa shape index (κ3) is 2.11. The molecule has 0 spiro atoms. The first kappa shape index (κ1) is 11.6. The quantitative estimate of drug-likeness (QED) is 0.855. The van der Waals surface area contributed by atoms with Crippen LogP contribution < -0.4 is 4.72 Å². The van der Waals surface area contributed by atoms with E-state index in [9.17, 15) is 13.2 Å². The van der Waals surface area contributed by atoms with Crippen molar-refractivity contribution in [3.63, 3.8) is 0 Å². The van der Waals surface area contributed by atoms with Crippen molar-refractivity contribution in [2.24, 2.45) is 0 Å². The number of nitrogens with one attached hydrogen (secondary N) is 1. The van der Waals surface area contributed by atoms with Crippen LogP contribution in [0.3, 0.4) is 0 Å². The second-order valence-electron chi connectivity index (χ2n) is 4.09. The standard InChI is InChI=1S/C9H11NO4S2/c1-9(3-4-9)10-16(13,14)6-2-5-15-7(6)8(11)12/h2,5,10H,3-4H2,1H3,(H,11,12). The fraction of sp³-hybridized carbons (Fsp3) is 0.444. The first-order valence-electron chi connectivity index (χ1n) is 4.69. The molecular formula is C9H11NO4S2. The molecule has 0 atom stereocenters. The van der Waals surface area contributed by atoms with Crippen LogP contribution in [0, 0.1) is 0 Å². The smallest absolute Gasteiger partial charge is 0.347 e. The van der Waals surface area contributed by atoms with Crippen molar-refractivity contribution >= 4 is 27.3 Å². The van der Waals surface area contributed by atoms with Gasteiger partial charge < -0.3 is 5.11 Å². The van der Waals surface area contributed by atoms with E-state index in [-0.39, 0.29) is 9.77 Å². The van der Waals surface area contributed by atoms with Gasteiger partial charge in [-0.1, -0.05) is 0 Å². The zero-order chi connectivity index (χ0) is 12.0. The summed E-state index contributed by atoms with van der Waals surface area (Å²) < 4.78 is 26.3. The lowest BCUT2D eigenvalue weighted by Gasteiger charge is -2.11. The predicted octanol–water partition coefficient (Wildman–Crippen LogP) is 1.28. The number of carbonyl (C=O) groups is 1. The fourth-order valence-electron chi connectivity index (χ4n) is 1.33. The Morgan fingerprint density at radius 1 is 1.56 bits per heavy atom. The molecule has 1 saturated carbocycles. The minimum absolute atomic E-state index is 0.141. The molecule has 1 fully saturated rings. The van der Waals surface area contributed by atoms with E-state index in [2.05, 4.69) is 4.72 Å². The van der Waals surface area contributed by atoms with Crippen LogP contribution in [0.1, 0.15) is 29.4 Å². The highest BCUT2D eigenvalue weighted by molar-refractivity contribution is 7.89. The summed E-state index contributed by atoms with van der Waals surface area (Å²) in [6.07, 6.45) is 1.58. The van der Waals surface area contributed by atoms with E-state index >= 15 is 0 Å². The minimum Gasteiger partial charge on any atom is -0.477 e. The molecule has 0 unspecified atom stereocenters. The molecule has 16 heavy (non-hydrogen) atoms. The maximum Gasteiger partial charge on any atom is 0.347 e. The number of sulfonamides is 1. The molecule has 0 radical (unpaired) electrons. The van der Waals surface area contributed by atoms with Crippen LogP contribution in [0.5, 0.6) is 0 Å². The van der Waals surface area contributed by atoms with Crippen molar-refractivity contribution in [3.05, 3.63) is 16.3 Å². The van der Waals surface area contributed by atoms with E-state index in [1.165, 1.54) is 11.4 Å². The lowest BCUT2D eigenvalue weighted by Crippen LogP contribution is -2.34. The van der Waals surface area contributed by atoms with Gasteiger partial charge in [-0.05, 0) is 31.2 Å². The predicted molar refractivity (Wildman–Crippen MR) is 59.2 cm³/mol. The molecule has 1 heterocycles. The van der Waals surface area contributed by atoms with Crippen LogP contribution >= 0.6 is 11.3 Å². The minimum atomic E-state index is -3.71. The number of carboxylic acids is 1. The second kappa shape index (κ2) is 3.54. The number of carboxylic acid groups (broad SMARTS) is 1. The number of hydrogen-bond donors (Lipinski definition) is 2. The molecule has 1 aliphatic rings. The van der Waals surface area contributed by atoms with Crippen LogP contribution in [0.4, 0.5) is 0 Å². The molecular weight excluding hydrogens is 250 g/mol. The first-order chi connectivity index (χ1) is 7.34. The zero-order valence-corrected chi connectivity index (χ0v) is 10.2. The second-order valence-corrected chi connectivity index (χ2v) is 6.65. The summed E-state index contributed by atoms with van der Waals surface area (Å²) in [6.45, 7) is 1.80. The number of rotatable bonds is 4. The van der Waals surface area contributed by atoms with Crippen LogP contribution in [-0.4, -0.2) is 25.0 Å². The summed E-state index contributed by atoms with van der Waals surface area (Å²) in [5.74, 6) is -1.21. The highest BCUT2D eigenvalue weighted by Gasteiger charge is 2.42. The first-order valence-corrected chi connectivity index (χ1v) is 7.05. The van der Waals surface area contributed by atoms with Gasteiger partial charge in [0, 0.05) is 5.54 Å². The Kier molecular flexibility index (Phi) is 2.56. The van der Waals surface area contributed by atoms with Crippen LogP contribution in [0.2, 0.25) is 0 Å². The van der Waals surface area contributed by atoms with Crippen molar-refractivity contribution in [2.75, 3.05) is 0 Å². The Hall–Kier alpha value is -0.920. The highest BCUT2D eigenvalue weighted by Crippen LogP contribution is 2.36. The van der Waals surface area contributed by atoms with Gasteiger partial charge in [0.2, 0.25) is 10.0 Å². The van der Waals surface area contributed by atoms with Gasteiger partial charge >= 0.3 is 5.97 Å². The Balaban J connectivity index is 2.35. The summed E-state index contributed by atoms with van der Waals surface area (Å²) in [4.78, 5) is 10.5. The van der Waals surface area contributed by atoms with E-state index < -0.39 is 21.5 Å². The number of thiophene rings is 1. The Morgan fingerprint density at radius 2 is 2.19 bits per heavy atom. The fourth-order valence-corrected chi connectivity index (χ4v) is 4.06. The monoisotopic (exact) mass is 261 g/mol. The molecule has 2 N–H and O–H groups in total. The average molecular weight is 261 g/mol. The van der Waals surface area contributed by atoms with Crippen LogP contribution in [0.25, 0.3) is 0 Å². The van der Waals surface area contributed by atoms with Crippen LogP contribution in [0.15, 0.2) is 16.3 Å². The number of aromatic carboxylic acids is 1. The molecule has 5 nitrogen and oxygen atoms in total. The lowest BCUT2D eigenvalue weighted by atomic mass is 10.4. The van der Waals surface area contributed by atoms with E-state index in [0.717, 1.165) is 24.2 Å². The largest absolute Gasteiger partial charge is 0.477 e. The van der Waals surface area contributed by atoms with E-state index in [4.69, 9.17) is 5.11 Å². The SMILES string of the molecule is CC1(NS(=O)(=O)c2ccsc2C(=O)O)CC1. The summed E-state index contributed by atoms with van der Waals surface area (Å²) in [5, 5.41) is 10.3. The highest BCUT2D eigenvalue weighted by atomic mass is 32.2. The molecule has 1 aromatic heterocycles. The van der Waals surface area contributed by atoms with Crippen molar-refractivity contribution in [3.8, 4) is 0 Å². The molecule has 0 saturated heterocycles. The summed E-state index contributed by atoms with van der Waals surface area (Å²) in [7, 11) is -3.71. The number of hydrogen-bond acceptors (Lipinski definition) is 4. The van der Waals surface area contributed by atoms with Crippen LogP contribution in [-0.2, 0) is 10.0 Å². The van der Waals surface area contributed by atoms with E-state index in [1.807, 2.05) is 0 Å². The lowest BCUT2D eigenvalue weighted by molar-refractivity contribution is 0.0698. The zero-order valence-electron chi connectivity index (χ0n) is 8.56. The Morgan fingerprint density at radius 3 is 2.69 bits per heavy atom. The Labute approximate surface area is 97.2 Å². The van der Waals surface area contributed by atoms with Gasteiger partial charge in [-0.3, -0.25) is 0 Å². The normalized spacial score (nSPS) is 18.3. The van der Waals surface area contributed by atoms with Gasteiger partial charge in [0.1, 0.15) is 9.77 Å². The average Bonchev–Trinajstić information content (AvgIpc) is 2.69. The molecule has 88 valence electrons. The van der Waals surface area contributed by atoms with E-state index in [0.29, 0.717) is 0 Å². The van der Waals surface area contributed by atoms with Gasteiger partial charge in [-0.25, -0.2) is 17.9 Å². The summed E-state index contributed by atoms with van der Waals surface area (Å²) in [6, 6.07) is 1.32. The van der Waals surface area contributed by atoms with Gasteiger partial charge in [-0.2, -0.15) is 0 Å². The molecule has 0 aliphatic heterocycles. The van der Waals surface area contributed by atoms with Crippen molar-refractivity contribution < 1.29 is 18.3 Å². The molecule has 0 amide bonds. The van der Waals surface area contributed by atoms with Gasteiger partial charge in [-0.15, -0.1) is 11.3 Å². The van der Waals surface area contributed by atoms with Crippen molar-refractivity contribution in [1.29, 1.82) is 0 Å². The Bertz CT molecular complexity index is 527. The van der Waals surface area contributed by atoms with Crippen molar-refractivity contribution in [1.82, 2.24) is 4.72 Å². The van der Waals surface area contributed by atoms with Crippen molar-refractivity contribution in [2.45, 2.75) is 30.2 Å². The molecule has 0 aromatic carbocycles. The molecule has 0 bridgehead atoms. The topological polar surface area (TPSA) is 83.5 Å². The van der Waals surface area contributed by atoms with Gasteiger partial charge in [0.15, 0.2) is 0 Å². The molecule has 1 aromatic rings. The molecule has 7 heteroatoms. The summed E-state index contributed by atoms with van der Waals surface area (Å²) >= 11 is 0.912. The summed E-state index contributed by atoms with van der Waals surface area (Å²) in [5.41, 5.74) is -0.392.